The molecule has 0 bridgehead atoms. The number of ether oxygens (including phenoxy) is 1. The summed E-state index contributed by atoms with van der Waals surface area (Å²) in [5, 5.41) is 2.95. The number of fused-ring (bicyclic) bond motifs is 1. The summed E-state index contributed by atoms with van der Waals surface area (Å²) in [4.78, 5) is 22.4. The van der Waals surface area contributed by atoms with E-state index in [1.807, 2.05) is 24.3 Å². The van der Waals surface area contributed by atoms with Gasteiger partial charge in [0.2, 0.25) is 5.91 Å². The van der Waals surface area contributed by atoms with E-state index in [0.29, 0.717) is 44.6 Å². The van der Waals surface area contributed by atoms with Crippen molar-refractivity contribution in [2.75, 3.05) is 24.6 Å². The van der Waals surface area contributed by atoms with Crippen molar-refractivity contribution in [2.24, 2.45) is 5.92 Å². The zero-order chi connectivity index (χ0) is 24.8. The molecule has 4 rings (SSSR count). The topological polar surface area (TPSA) is 67.3 Å². The lowest BCUT2D eigenvalue weighted by Gasteiger charge is -2.33. The number of aromatic nitrogens is 2. The molecule has 1 saturated heterocycles. The Balaban J connectivity index is 1.34. The van der Waals surface area contributed by atoms with E-state index in [9.17, 15) is 18.0 Å². The number of hydrogen-bond acceptors (Lipinski definition) is 5. The molecule has 2 aromatic carbocycles. The molecule has 35 heavy (non-hydrogen) atoms. The number of unbranched alkanes of at least 4 members (excludes halogenated alkanes) is 1. The average Bonchev–Trinajstić information content (AvgIpc) is 2.87. The largest absolute Gasteiger partial charge is 0.494 e. The fourth-order valence-corrected chi connectivity index (χ4v) is 4.13. The van der Waals surface area contributed by atoms with Crippen LogP contribution in [0.25, 0.3) is 11.0 Å². The van der Waals surface area contributed by atoms with E-state index in [1.54, 1.807) is 23.1 Å². The van der Waals surface area contributed by atoms with E-state index < -0.39 is 11.9 Å². The van der Waals surface area contributed by atoms with Crippen LogP contribution in [0, 0.1) is 5.92 Å². The minimum absolute atomic E-state index is 0.0893. The van der Waals surface area contributed by atoms with Gasteiger partial charge in [-0.15, -0.1) is 0 Å². The third-order valence-corrected chi connectivity index (χ3v) is 6.14. The third-order valence-electron chi connectivity index (χ3n) is 6.14. The number of rotatable bonds is 8. The van der Waals surface area contributed by atoms with Gasteiger partial charge in [0.05, 0.1) is 17.6 Å². The second-order valence-corrected chi connectivity index (χ2v) is 8.71. The van der Waals surface area contributed by atoms with Crippen LogP contribution in [-0.4, -0.2) is 35.6 Å². The number of carbonyl (C=O) groups is 1. The summed E-state index contributed by atoms with van der Waals surface area (Å²) < 4.78 is 46.7. The van der Waals surface area contributed by atoms with Gasteiger partial charge in [-0.05, 0) is 49.1 Å². The summed E-state index contributed by atoms with van der Waals surface area (Å²) in [5.41, 5.74) is 0.594. The monoisotopic (exact) mass is 486 g/mol. The Hall–Kier alpha value is -3.36. The summed E-state index contributed by atoms with van der Waals surface area (Å²) in [6, 6.07) is 14.1. The molecule has 0 aliphatic carbocycles. The standard InChI is InChI=1S/C26H29F3N4O2/c1-2-3-16-35-20-10-8-18(9-11-20)17-30-25(34)19-12-14-33(15-13-19)24-23(26(27,28)29)31-21-6-4-5-7-22(21)32-24/h4-11,19H,2-3,12-17H2,1H3,(H,30,34). The average molecular weight is 487 g/mol. The van der Waals surface area contributed by atoms with E-state index in [1.165, 1.54) is 6.07 Å². The zero-order valence-corrected chi connectivity index (χ0v) is 19.6. The summed E-state index contributed by atoms with van der Waals surface area (Å²) in [7, 11) is 0. The smallest absolute Gasteiger partial charge is 0.437 e. The van der Waals surface area contributed by atoms with Crippen LogP contribution >= 0.6 is 0 Å². The van der Waals surface area contributed by atoms with Crippen molar-refractivity contribution in [2.45, 2.75) is 45.3 Å². The SMILES string of the molecule is CCCCOc1ccc(CNC(=O)C2CCN(c3nc4ccccc4nc3C(F)(F)F)CC2)cc1. The fraction of sp³-hybridized carbons (Fsp3) is 0.423. The maximum absolute atomic E-state index is 13.7. The van der Waals surface area contributed by atoms with Gasteiger partial charge in [-0.3, -0.25) is 4.79 Å². The maximum atomic E-state index is 13.7. The molecular formula is C26H29F3N4O2. The Bertz CT molecular complexity index is 1140. The fourth-order valence-electron chi connectivity index (χ4n) is 4.13. The van der Waals surface area contributed by atoms with Crippen molar-refractivity contribution >= 4 is 22.8 Å². The minimum Gasteiger partial charge on any atom is -0.494 e. The number of anilines is 1. The lowest BCUT2D eigenvalue weighted by Crippen LogP contribution is -2.41. The minimum atomic E-state index is -4.61. The van der Waals surface area contributed by atoms with E-state index >= 15 is 0 Å². The Morgan fingerprint density at radius 1 is 1.06 bits per heavy atom. The van der Waals surface area contributed by atoms with Gasteiger partial charge in [-0.25, -0.2) is 9.97 Å². The predicted octanol–water partition coefficient (Wildman–Crippen LogP) is 5.36. The van der Waals surface area contributed by atoms with Crippen molar-refractivity contribution in [3.63, 3.8) is 0 Å². The Labute approximate surface area is 202 Å². The van der Waals surface area contributed by atoms with Crippen molar-refractivity contribution in [1.29, 1.82) is 0 Å². The van der Waals surface area contributed by atoms with E-state index in [-0.39, 0.29) is 23.2 Å². The summed E-state index contributed by atoms with van der Waals surface area (Å²) in [6.45, 7) is 3.79. The van der Waals surface area contributed by atoms with E-state index in [2.05, 4.69) is 22.2 Å². The molecule has 1 amide bonds. The molecule has 1 aliphatic rings. The van der Waals surface area contributed by atoms with Gasteiger partial charge in [0, 0.05) is 25.6 Å². The van der Waals surface area contributed by atoms with Crippen LogP contribution in [0.3, 0.4) is 0 Å². The summed E-state index contributed by atoms with van der Waals surface area (Å²) >= 11 is 0. The van der Waals surface area contributed by atoms with Gasteiger partial charge in [-0.2, -0.15) is 13.2 Å². The molecule has 186 valence electrons. The van der Waals surface area contributed by atoms with E-state index in [0.717, 1.165) is 24.2 Å². The first kappa shape index (κ1) is 24.8. The summed E-state index contributed by atoms with van der Waals surface area (Å²) in [6.07, 6.45) is -1.65. The predicted molar refractivity (Wildman–Crippen MR) is 128 cm³/mol. The number of para-hydroxylation sites is 2. The molecule has 0 unspecified atom stereocenters. The Kier molecular flexibility index (Phi) is 7.73. The molecule has 6 nitrogen and oxygen atoms in total. The molecule has 0 radical (unpaired) electrons. The summed E-state index contributed by atoms with van der Waals surface area (Å²) in [5.74, 6) is 0.284. The first-order valence-corrected chi connectivity index (χ1v) is 11.9. The molecule has 0 saturated carbocycles. The van der Waals surface area contributed by atoms with E-state index in [4.69, 9.17) is 4.74 Å². The maximum Gasteiger partial charge on any atom is 0.437 e. The number of carbonyl (C=O) groups excluding carboxylic acids is 1. The molecule has 1 aliphatic heterocycles. The van der Waals surface area contributed by atoms with Gasteiger partial charge in [0.1, 0.15) is 5.75 Å². The molecule has 9 heteroatoms. The van der Waals surface area contributed by atoms with Gasteiger partial charge >= 0.3 is 6.18 Å². The first-order valence-electron chi connectivity index (χ1n) is 11.9. The Morgan fingerprint density at radius 3 is 2.34 bits per heavy atom. The molecule has 3 aromatic rings. The first-order chi connectivity index (χ1) is 16.8. The molecule has 1 N–H and O–H groups in total. The highest BCUT2D eigenvalue weighted by atomic mass is 19.4. The lowest BCUT2D eigenvalue weighted by molar-refractivity contribution is -0.140. The third kappa shape index (κ3) is 6.21. The quantitative estimate of drug-likeness (QED) is 0.434. The van der Waals surface area contributed by atoms with Crippen molar-refractivity contribution in [3.8, 4) is 5.75 Å². The highest BCUT2D eigenvalue weighted by Gasteiger charge is 2.39. The van der Waals surface area contributed by atoms with Gasteiger partial charge in [0.25, 0.3) is 0 Å². The highest BCUT2D eigenvalue weighted by Crippen LogP contribution is 2.36. The van der Waals surface area contributed by atoms with Crippen molar-refractivity contribution < 1.29 is 22.7 Å². The van der Waals surface area contributed by atoms with Gasteiger partial charge in [0.15, 0.2) is 11.5 Å². The normalized spacial score (nSPS) is 14.8. The molecule has 2 heterocycles. The number of halogens is 3. The molecule has 0 atom stereocenters. The van der Waals surface area contributed by atoms with Crippen LogP contribution in [0.2, 0.25) is 0 Å². The molecule has 1 fully saturated rings. The van der Waals surface area contributed by atoms with Crippen molar-refractivity contribution in [3.05, 3.63) is 59.8 Å². The van der Waals surface area contributed by atoms with Crippen LogP contribution in [-0.2, 0) is 17.5 Å². The lowest BCUT2D eigenvalue weighted by atomic mass is 9.95. The number of piperidine rings is 1. The number of benzene rings is 2. The number of nitrogens with zero attached hydrogens (tertiary/aromatic N) is 3. The molecule has 0 spiro atoms. The molecule has 1 aromatic heterocycles. The molecular weight excluding hydrogens is 457 g/mol. The highest BCUT2D eigenvalue weighted by molar-refractivity contribution is 5.79. The van der Waals surface area contributed by atoms with Gasteiger partial charge < -0.3 is 15.0 Å². The van der Waals surface area contributed by atoms with Crippen LogP contribution in [0.1, 0.15) is 43.9 Å². The number of hydrogen-bond donors (Lipinski definition) is 1. The number of alkyl halides is 3. The van der Waals surface area contributed by atoms with Crippen LogP contribution in [0.5, 0.6) is 5.75 Å². The van der Waals surface area contributed by atoms with Crippen LogP contribution in [0.4, 0.5) is 19.0 Å². The second kappa shape index (κ2) is 10.9. The van der Waals surface area contributed by atoms with Crippen LogP contribution < -0.4 is 15.0 Å². The number of nitrogens with one attached hydrogen (secondary N) is 1. The zero-order valence-electron chi connectivity index (χ0n) is 19.6. The van der Waals surface area contributed by atoms with Gasteiger partial charge in [-0.1, -0.05) is 37.6 Å². The Morgan fingerprint density at radius 2 is 1.71 bits per heavy atom. The van der Waals surface area contributed by atoms with Crippen LogP contribution in [0.15, 0.2) is 48.5 Å². The number of amides is 1. The second-order valence-electron chi connectivity index (χ2n) is 8.71. The van der Waals surface area contributed by atoms with Crippen molar-refractivity contribution in [1.82, 2.24) is 15.3 Å².